The Morgan fingerprint density at radius 2 is 2.18 bits per heavy atom. The summed E-state index contributed by atoms with van der Waals surface area (Å²) in [7, 11) is 1.69. The molecule has 0 radical (unpaired) electrons. The predicted octanol–water partition coefficient (Wildman–Crippen LogP) is 1.75. The van der Waals surface area contributed by atoms with Gasteiger partial charge in [0.15, 0.2) is 0 Å². The van der Waals surface area contributed by atoms with E-state index in [0.717, 1.165) is 5.56 Å². The quantitative estimate of drug-likeness (QED) is 0.807. The Morgan fingerprint density at radius 3 is 2.88 bits per heavy atom. The fourth-order valence-electron chi connectivity index (χ4n) is 2.40. The molecule has 0 aromatic heterocycles. The van der Waals surface area contributed by atoms with Crippen molar-refractivity contribution in [1.82, 2.24) is 4.90 Å². The lowest BCUT2D eigenvalue weighted by Gasteiger charge is -2.37. The summed E-state index contributed by atoms with van der Waals surface area (Å²) >= 11 is 0. The van der Waals surface area contributed by atoms with Gasteiger partial charge in [0.2, 0.25) is 5.91 Å². The van der Waals surface area contributed by atoms with E-state index in [-0.39, 0.29) is 23.8 Å². The number of piperidine rings is 1. The van der Waals surface area contributed by atoms with Crippen molar-refractivity contribution in [2.24, 2.45) is 5.73 Å². The number of rotatable bonds is 1. The molecule has 3 nitrogen and oxygen atoms in total. The highest BCUT2D eigenvalue weighted by Gasteiger charge is 2.33. The van der Waals surface area contributed by atoms with Gasteiger partial charge in [-0.1, -0.05) is 17.7 Å². The fourth-order valence-corrected chi connectivity index (χ4v) is 2.40. The van der Waals surface area contributed by atoms with Crippen molar-refractivity contribution in [2.45, 2.75) is 31.8 Å². The third-order valence-corrected chi connectivity index (χ3v) is 3.38. The van der Waals surface area contributed by atoms with Crippen molar-refractivity contribution in [1.29, 1.82) is 0 Å². The summed E-state index contributed by atoms with van der Waals surface area (Å²) in [6.45, 7) is 1.90. The Hall–Kier alpha value is -1.42. The predicted molar refractivity (Wildman–Crippen MR) is 63.9 cm³/mol. The highest BCUT2D eigenvalue weighted by Crippen LogP contribution is 2.31. The number of carbonyl (C=O) groups is 1. The molecule has 1 saturated heterocycles. The Labute approximate surface area is 100 Å². The van der Waals surface area contributed by atoms with Crippen LogP contribution in [-0.4, -0.2) is 23.9 Å². The summed E-state index contributed by atoms with van der Waals surface area (Å²) in [6.07, 6.45) is 1.06. The van der Waals surface area contributed by atoms with E-state index >= 15 is 0 Å². The van der Waals surface area contributed by atoms with E-state index in [2.05, 4.69) is 0 Å². The van der Waals surface area contributed by atoms with E-state index in [1.807, 2.05) is 6.92 Å². The summed E-state index contributed by atoms with van der Waals surface area (Å²) in [4.78, 5) is 13.2. The smallest absolute Gasteiger partial charge is 0.222 e. The largest absolute Gasteiger partial charge is 0.337 e. The van der Waals surface area contributed by atoms with Crippen LogP contribution in [0.2, 0.25) is 0 Å². The van der Waals surface area contributed by atoms with Crippen molar-refractivity contribution in [3.8, 4) is 0 Å². The first-order valence-electron chi connectivity index (χ1n) is 5.78. The molecule has 1 aromatic rings. The van der Waals surface area contributed by atoms with Crippen molar-refractivity contribution in [2.75, 3.05) is 7.05 Å². The summed E-state index contributed by atoms with van der Waals surface area (Å²) in [5, 5.41) is 0. The molecule has 1 aliphatic heterocycles. The average molecular weight is 236 g/mol. The SMILES string of the molecule is Cc1ccc(F)c(C2C(N)CCC(=O)N2C)c1. The maximum atomic E-state index is 13.8. The fraction of sp³-hybridized carbons (Fsp3) is 0.462. The molecule has 1 aromatic carbocycles. The molecule has 92 valence electrons. The van der Waals surface area contributed by atoms with Crippen LogP contribution in [0.4, 0.5) is 4.39 Å². The minimum absolute atomic E-state index is 0.0256. The van der Waals surface area contributed by atoms with E-state index in [1.165, 1.54) is 6.07 Å². The number of nitrogens with two attached hydrogens (primary N) is 1. The van der Waals surface area contributed by atoms with Gasteiger partial charge in [-0.15, -0.1) is 0 Å². The zero-order valence-electron chi connectivity index (χ0n) is 10.1. The van der Waals surface area contributed by atoms with Crippen LogP contribution >= 0.6 is 0 Å². The molecule has 2 rings (SSSR count). The molecule has 0 saturated carbocycles. The lowest BCUT2D eigenvalue weighted by molar-refractivity contribution is -0.135. The zero-order valence-corrected chi connectivity index (χ0v) is 10.1. The van der Waals surface area contributed by atoms with Crippen LogP contribution in [0.5, 0.6) is 0 Å². The molecule has 17 heavy (non-hydrogen) atoms. The monoisotopic (exact) mass is 236 g/mol. The van der Waals surface area contributed by atoms with Gasteiger partial charge >= 0.3 is 0 Å². The Balaban J connectivity index is 2.42. The molecule has 1 fully saturated rings. The third-order valence-electron chi connectivity index (χ3n) is 3.38. The average Bonchev–Trinajstić information content (AvgIpc) is 2.29. The maximum Gasteiger partial charge on any atom is 0.222 e. The number of likely N-dealkylation sites (N-methyl/N-ethyl adjacent to an activating group) is 1. The van der Waals surface area contributed by atoms with Crippen molar-refractivity contribution < 1.29 is 9.18 Å². The second kappa shape index (κ2) is 4.45. The molecule has 2 N–H and O–H groups in total. The molecule has 4 heteroatoms. The number of amides is 1. The maximum absolute atomic E-state index is 13.8. The number of carbonyl (C=O) groups excluding carboxylic acids is 1. The first kappa shape index (κ1) is 12.0. The summed E-state index contributed by atoms with van der Waals surface area (Å²) in [5.74, 6) is -0.268. The van der Waals surface area contributed by atoms with Gasteiger partial charge in [0.05, 0.1) is 6.04 Å². The van der Waals surface area contributed by atoms with Crippen LogP contribution in [0.25, 0.3) is 0 Å². The first-order chi connectivity index (χ1) is 8.00. The summed E-state index contributed by atoms with van der Waals surface area (Å²) in [6, 6.07) is 4.37. The number of benzene rings is 1. The van der Waals surface area contributed by atoms with E-state index < -0.39 is 0 Å². The summed E-state index contributed by atoms with van der Waals surface area (Å²) < 4.78 is 13.8. The van der Waals surface area contributed by atoms with Gasteiger partial charge in [-0.05, 0) is 19.4 Å². The van der Waals surface area contributed by atoms with Crippen LogP contribution in [0.1, 0.15) is 30.0 Å². The minimum atomic E-state index is -0.351. The molecule has 1 amide bonds. The van der Waals surface area contributed by atoms with E-state index in [1.54, 1.807) is 24.1 Å². The molecule has 0 bridgehead atoms. The van der Waals surface area contributed by atoms with Crippen molar-refractivity contribution in [3.63, 3.8) is 0 Å². The van der Waals surface area contributed by atoms with Gasteiger partial charge in [0, 0.05) is 25.1 Å². The highest BCUT2D eigenvalue weighted by atomic mass is 19.1. The first-order valence-corrected chi connectivity index (χ1v) is 5.78. The van der Waals surface area contributed by atoms with Crippen molar-refractivity contribution in [3.05, 3.63) is 35.1 Å². The standard InChI is InChI=1S/C13H17FN2O/c1-8-3-4-10(14)9(7-8)13-11(15)5-6-12(17)16(13)2/h3-4,7,11,13H,5-6,15H2,1-2H3. The molecule has 0 aliphatic carbocycles. The van der Waals surface area contributed by atoms with Gasteiger partial charge in [-0.3, -0.25) is 4.79 Å². The van der Waals surface area contributed by atoms with Gasteiger partial charge in [0.1, 0.15) is 5.82 Å². The van der Waals surface area contributed by atoms with Gasteiger partial charge in [-0.25, -0.2) is 4.39 Å². The molecular weight excluding hydrogens is 219 g/mol. The zero-order chi connectivity index (χ0) is 12.6. The Bertz CT molecular complexity index is 447. The molecule has 2 unspecified atom stereocenters. The van der Waals surface area contributed by atoms with Crippen LogP contribution in [0, 0.1) is 12.7 Å². The van der Waals surface area contributed by atoms with Crippen LogP contribution < -0.4 is 5.73 Å². The number of aryl methyl sites for hydroxylation is 1. The molecular formula is C13H17FN2O. The van der Waals surface area contributed by atoms with Crippen LogP contribution in [-0.2, 0) is 4.79 Å². The molecule has 1 heterocycles. The van der Waals surface area contributed by atoms with Crippen molar-refractivity contribution >= 4 is 5.91 Å². The summed E-state index contributed by atoms with van der Waals surface area (Å²) in [5.41, 5.74) is 7.52. The topological polar surface area (TPSA) is 46.3 Å². The Kier molecular flexibility index (Phi) is 3.15. The molecule has 2 atom stereocenters. The minimum Gasteiger partial charge on any atom is -0.337 e. The molecule has 0 spiro atoms. The van der Waals surface area contributed by atoms with Gasteiger partial charge < -0.3 is 10.6 Å². The molecule has 1 aliphatic rings. The van der Waals surface area contributed by atoms with Crippen LogP contribution in [0.15, 0.2) is 18.2 Å². The second-order valence-corrected chi connectivity index (χ2v) is 4.68. The van der Waals surface area contributed by atoms with E-state index in [4.69, 9.17) is 5.73 Å². The number of hydrogen-bond donors (Lipinski definition) is 1. The normalized spacial score (nSPS) is 25.2. The second-order valence-electron chi connectivity index (χ2n) is 4.68. The number of nitrogens with zero attached hydrogens (tertiary/aromatic N) is 1. The van der Waals surface area contributed by atoms with Gasteiger partial charge in [0.25, 0.3) is 0 Å². The van der Waals surface area contributed by atoms with Crippen LogP contribution in [0.3, 0.4) is 0 Å². The number of likely N-dealkylation sites (tertiary alicyclic amines) is 1. The number of halogens is 1. The highest BCUT2D eigenvalue weighted by molar-refractivity contribution is 5.77. The third kappa shape index (κ3) is 2.17. The lowest BCUT2D eigenvalue weighted by atomic mass is 9.90. The van der Waals surface area contributed by atoms with Gasteiger partial charge in [-0.2, -0.15) is 0 Å². The lowest BCUT2D eigenvalue weighted by Crippen LogP contribution is -2.47. The van der Waals surface area contributed by atoms with E-state index in [9.17, 15) is 9.18 Å². The number of hydrogen-bond acceptors (Lipinski definition) is 2. The van der Waals surface area contributed by atoms with E-state index in [0.29, 0.717) is 18.4 Å². The Morgan fingerprint density at radius 1 is 1.47 bits per heavy atom.